The molecule has 1 aliphatic heterocycles. The van der Waals surface area contributed by atoms with Crippen LogP contribution in [0.3, 0.4) is 0 Å². The highest BCUT2D eigenvalue weighted by atomic mass is 19.3. The van der Waals surface area contributed by atoms with Gasteiger partial charge in [0.15, 0.2) is 0 Å². The lowest BCUT2D eigenvalue weighted by Gasteiger charge is -2.42. The van der Waals surface area contributed by atoms with Crippen LogP contribution in [0.25, 0.3) is 6.08 Å². The van der Waals surface area contributed by atoms with Crippen LogP contribution < -0.4 is 0 Å². The molecule has 1 saturated heterocycles. The monoisotopic (exact) mass is 482 g/mol. The van der Waals surface area contributed by atoms with Crippen molar-refractivity contribution in [2.24, 2.45) is 0 Å². The number of benzene rings is 2. The largest absolute Gasteiger partial charge is 0.478 e. The van der Waals surface area contributed by atoms with E-state index < -0.39 is 12.4 Å². The topological polar surface area (TPSA) is 43.8 Å². The van der Waals surface area contributed by atoms with Crippen molar-refractivity contribution in [1.29, 1.82) is 0 Å². The summed E-state index contributed by atoms with van der Waals surface area (Å²) in [6.07, 6.45) is 5.50. The van der Waals surface area contributed by atoms with Crippen molar-refractivity contribution in [2.75, 3.05) is 26.2 Å². The number of carbonyl (C=O) groups is 1. The number of carboxylic acid groups (broad SMARTS) is 1. The molecule has 1 saturated carbocycles. The Labute approximate surface area is 207 Å². The molecule has 0 aromatic heterocycles. The van der Waals surface area contributed by atoms with E-state index in [4.69, 9.17) is 0 Å². The number of aryl methyl sites for hydroxylation is 1. The number of hydrogen-bond donors (Lipinski definition) is 1. The molecule has 35 heavy (non-hydrogen) atoms. The molecule has 0 amide bonds. The zero-order valence-corrected chi connectivity index (χ0v) is 20.9. The smallest absolute Gasteiger partial charge is 0.335 e. The van der Waals surface area contributed by atoms with Crippen LogP contribution in [0.4, 0.5) is 8.78 Å². The lowest BCUT2D eigenvalue weighted by Crippen LogP contribution is -2.49. The minimum absolute atomic E-state index is 0.0815. The molecule has 2 aromatic rings. The molecule has 2 aliphatic rings. The SMILES string of the molecule is CC/C=C\c1c(C)c(C)cc(C2CC2)c1CN1CCN(CC(F)F)CC1c1ccc(C(=O)O)cc1. The van der Waals surface area contributed by atoms with E-state index >= 15 is 0 Å². The van der Waals surface area contributed by atoms with Crippen LogP contribution in [-0.2, 0) is 6.54 Å². The van der Waals surface area contributed by atoms with E-state index in [1.165, 1.54) is 40.7 Å². The average molecular weight is 483 g/mol. The molecule has 0 spiro atoms. The summed E-state index contributed by atoms with van der Waals surface area (Å²) in [6, 6.07) is 9.18. The molecule has 1 aliphatic carbocycles. The van der Waals surface area contributed by atoms with Gasteiger partial charge in [0.25, 0.3) is 6.43 Å². The summed E-state index contributed by atoms with van der Waals surface area (Å²) in [4.78, 5) is 15.6. The van der Waals surface area contributed by atoms with E-state index in [9.17, 15) is 18.7 Å². The molecule has 188 valence electrons. The van der Waals surface area contributed by atoms with Crippen molar-refractivity contribution in [3.8, 4) is 0 Å². The molecule has 2 fully saturated rings. The van der Waals surface area contributed by atoms with Crippen LogP contribution >= 0.6 is 0 Å². The molecule has 0 bridgehead atoms. The van der Waals surface area contributed by atoms with Gasteiger partial charge < -0.3 is 5.11 Å². The summed E-state index contributed by atoms with van der Waals surface area (Å²) in [5, 5.41) is 9.30. The first-order valence-corrected chi connectivity index (χ1v) is 12.7. The number of carboxylic acids is 1. The summed E-state index contributed by atoms with van der Waals surface area (Å²) in [5.74, 6) is -0.362. The Kier molecular flexibility index (Phi) is 8.02. The molecular formula is C29H36F2N2O2. The third-order valence-electron chi connectivity index (χ3n) is 7.45. The molecule has 0 radical (unpaired) electrons. The molecule has 1 atom stereocenters. The van der Waals surface area contributed by atoms with E-state index in [0.717, 1.165) is 18.5 Å². The van der Waals surface area contributed by atoms with E-state index in [2.05, 4.69) is 43.9 Å². The van der Waals surface area contributed by atoms with Gasteiger partial charge in [0, 0.05) is 32.2 Å². The fraction of sp³-hybridized carbons (Fsp3) is 0.483. The average Bonchev–Trinajstić information content (AvgIpc) is 3.67. The molecule has 2 aromatic carbocycles. The zero-order chi connectivity index (χ0) is 25.1. The van der Waals surface area contributed by atoms with E-state index in [-0.39, 0.29) is 18.2 Å². The second-order valence-corrected chi connectivity index (χ2v) is 9.95. The Morgan fingerprint density at radius 3 is 2.49 bits per heavy atom. The van der Waals surface area contributed by atoms with Crippen molar-refractivity contribution in [3.05, 3.63) is 75.4 Å². The van der Waals surface area contributed by atoms with Gasteiger partial charge in [-0.1, -0.05) is 37.3 Å². The lowest BCUT2D eigenvalue weighted by atomic mass is 9.89. The highest BCUT2D eigenvalue weighted by Gasteiger charge is 2.33. The zero-order valence-electron chi connectivity index (χ0n) is 20.9. The number of halogens is 2. The summed E-state index contributed by atoms with van der Waals surface area (Å²) in [6.45, 7) is 8.81. The minimum atomic E-state index is -2.37. The third kappa shape index (κ3) is 5.99. The van der Waals surface area contributed by atoms with Crippen molar-refractivity contribution in [1.82, 2.24) is 9.80 Å². The number of aromatic carboxylic acids is 1. The van der Waals surface area contributed by atoms with Crippen LogP contribution in [0, 0.1) is 13.8 Å². The van der Waals surface area contributed by atoms with Crippen molar-refractivity contribution >= 4 is 12.0 Å². The maximum absolute atomic E-state index is 13.2. The molecule has 4 nitrogen and oxygen atoms in total. The van der Waals surface area contributed by atoms with Gasteiger partial charge in [-0.15, -0.1) is 0 Å². The fourth-order valence-corrected chi connectivity index (χ4v) is 5.21. The Bertz CT molecular complexity index is 1080. The van der Waals surface area contributed by atoms with Crippen molar-refractivity contribution in [3.63, 3.8) is 0 Å². The van der Waals surface area contributed by atoms with E-state index in [1.54, 1.807) is 12.1 Å². The Morgan fingerprint density at radius 1 is 1.17 bits per heavy atom. The van der Waals surface area contributed by atoms with Gasteiger partial charge in [-0.05, 0) is 84.5 Å². The van der Waals surface area contributed by atoms with Gasteiger partial charge in [0.05, 0.1) is 12.1 Å². The first-order chi connectivity index (χ1) is 16.8. The van der Waals surface area contributed by atoms with Gasteiger partial charge in [0.1, 0.15) is 0 Å². The van der Waals surface area contributed by atoms with Crippen LogP contribution in [0.15, 0.2) is 36.4 Å². The Morgan fingerprint density at radius 2 is 1.89 bits per heavy atom. The van der Waals surface area contributed by atoms with Crippen LogP contribution in [0.5, 0.6) is 0 Å². The summed E-state index contributed by atoms with van der Waals surface area (Å²) in [5.41, 5.74) is 7.90. The Hall–Kier alpha value is -2.57. The second kappa shape index (κ2) is 11.0. The minimum Gasteiger partial charge on any atom is -0.478 e. The quantitative estimate of drug-likeness (QED) is 0.448. The standard InChI is InChI=1S/C29H36F2N2O2/c1-4-5-6-24-20(3)19(2)15-25(21-7-8-21)26(24)16-33-14-13-32(18-28(30)31)17-27(33)22-9-11-23(12-10-22)29(34)35/h5-6,9-12,15,21,27-28H,4,7-8,13-14,16-18H2,1-3H3,(H,34,35)/b6-5-. The number of nitrogens with zero attached hydrogens (tertiary/aromatic N) is 2. The normalized spacial score (nSPS) is 19.7. The molecule has 1 N–H and O–H groups in total. The maximum Gasteiger partial charge on any atom is 0.335 e. The van der Waals surface area contributed by atoms with Crippen LogP contribution in [0.1, 0.15) is 81.9 Å². The van der Waals surface area contributed by atoms with Gasteiger partial charge in [-0.3, -0.25) is 9.80 Å². The van der Waals surface area contributed by atoms with Crippen molar-refractivity contribution < 1.29 is 18.7 Å². The highest BCUT2D eigenvalue weighted by molar-refractivity contribution is 5.87. The fourth-order valence-electron chi connectivity index (χ4n) is 5.21. The molecule has 1 unspecified atom stereocenters. The number of hydrogen-bond acceptors (Lipinski definition) is 3. The molecular weight excluding hydrogens is 446 g/mol. The number of rotatable bonds is 9. The van der Waals surface area contributed by atoms with Gasteiger partial charge in [-0.2, -0.15) is 0 Å². The third-order valence-corrected chi connectivity index (χ3v) is 7.45. The van der Waals surface area contributed by atoms with Crippen LogP contribution in [-0.4, -0.2) is 53.5 Å². The predicted molar refractivity (Wildman–Crippen MR) is 136 cm³/mol. The second-order valence-electron chi connectivity index (χ2n) is 9.95. The van der Waals surface area contributed by atoms with Gasteiger partial charge >= 0.3 is 5.97 Å². The molecule has 6 heteroatoms. The lowest BCUT2D eigenvalue weighted by molar-refractivity contribution is 0.0245. The summed E-state index contributed by atoms with van der Waals surface area (Å²) in [7, 11) is 0. The molecule has 4 rings (SSSR count). The molecule has 1 heterocycles. The summed E-state index contributed by atoms with van der Waals surface area (Å²) >= 11 is 0. The van der Waals surface area contributed by atoms with E-state index in [0.29, 0.717) is 25.6 Å². The Balaban J connectivity index is 1.71. The van der Waals surface area contributed by atoms with Crippen LogP contribution in [0.2, 0.25) is 0 Å². The maximum atomic E-state index is 13.2. The van der Waals surface area contributed by atoms with Gasteiger partial charge in [-0.25, -0.2) is 13.6 Å². The first-order valence-electron chi connectivity index (χ1n) is 12.7. The number of alkyl halides is 2. The number of piperazine rings is 1. The van der Waals surface area contributed by atoms with Gasteiger partial charge in [0.2, 0.25) is 0 Å². The highest BCUT2D eigenvalue weighted by Crippen LogP contribution is 2.45. The summed E-state index contributed by atoms with van der Waals surface area (Å²) < 4.78 is 26.4. The number of allylic oxidation sites excluding steroid dienone is 1. The van der Waals surface area contributed by atoms with E-state index in [1.807, 2.05) is 17.0 Å². The predicted octanol–water partition coefficient (Wildman–Crippen LogP) is 6.43. The first kappa shape index (κ1) is 25.5. The van der Waals surface area contributed by atoms with Crippen molar-refractivity contribution in [2.45, 2.75) is 65.0 Å².